The number of carboxylic acid groups (broad SMARTS) is 1. The highest BCUT2D eigenvalue weighted by Gasteiger charge is 2.53. The molecule has 1 spiro atoms. The van der Waals surface area contributed by atoms with E-state index in [1.165, 1.54) is 18.2 Å². The molecule has 256 valence electrons. The fourth-order valence-corrected chi connectivity index (χ4v) is 6.63. The number of hydrogen-bond donors (Lipinski definition) is 2. The number of aliphatic carboxylic acids is 1. The highest BCUT2D eigenvalue weighted by Crippen LogP contribution is 2.50. The maximum Gasteiger partial charge on any atom is 0.573 e. The second-order valence-electron chi connectivity index (χ2n) is 15.0. The Balaban J connectivity index is 1.75. The third kappa shape index (κ3) is 9.14. The van der Waals surface area contributed by atoms with Crippen LogP contribution in [0.25, 0.3) is 0 Å². The van der Waals surface area contributed by atoms with E-state index in [9.17, 15) is 27.6 Å². The Hall–Kier alpha value is -3.89. The second-order valence-corrected chi connectivity index (χ2v) is 15.0. The Morgan fingerprint density at radius 2 is 1.68 bits per heavy atom. The average molecular weight is 658 g/mol. The van der Waals surface area contributed by atoms with E-state index in [0.29, 0.717) is 30.7 Å². The first-order valence-corrected chi connectivity index (χ1v) is 16.2. The number of nitrogens with zero attached hydrogens (tertiary/aromatic N) is 2. The number of ether oxygens (including phenoxy) is 1. The van der Waals surface area contributed by atoms with E-state index in [4.69, 9.17) is 10.1 Å². The fraction of sp³-hybridized carbons (Fsp3) is 0.556. The van der Waals surface area contributed by atoms with Gasteiger partial charge in [0.15, 0.2) is 0 Å². The molecule has 2 amide bonds. The summed E-state index contributed by atoms with van der Waals surface area (Å²) in [6, 6.07) is 12.0. The molecular weight excluding hydrogens is 611 g/mol. The van der Waals surface area contributed by atoms with Gasteiger partial charge in [-0.25, -0.2) is 0 Å². The summed E-state index contributed by atoms with van der Waals surface area (Å²) in [6.45, 7) is 13.0. The van der Waals surface area contributed by atoms with Gasteiger partial charge in [-0.3, -0.25) is 19.4 Å². The van der Waals surface area contributed by atoms with Crippen LogP contribution in [0.4, 0.5) is 13.2 Å². The van der Waals surface area contributed by atoms with Crippen molar-refractivity contribution in [1.29, 1.82) is 0 Å². The van der Waals surface area contributed by atoms with Crippen LogP contribution in [0.3, 0.4) is 0 Å². The summed E-state index contributed by atoms with van der Waals surface area (Å²) in [4.78, 5) is 45.0. The first-order valence-electron chi connectivity index (χ1n) is 16.2. The van der Waals surface area contributed by atoms with Gasteiger partial charge in [0.2, 0.25) is 0 Å². The number of halogens is 3. The molecular formula is C36H46F3N3O5. The monoisotopic (exact) mass is 657 g/mol. The van der Waals surface area contributed by atoms with Crippen molar-refractivity contribution in [3.8, 4) is 5.75 Å². The molecule has 2 N–H and O–H groups in total. The smallest absolute Gasteiger partial charge is 0.481 e. The summed E-state index contributed by atoms with van der Waals surface area (Å²) in [6.07, 6.45) is -0.811. The molecule has 1 aliphatic carbocycles. The molecule has 4 rings (SSSR count). The molecule has 0 radical (unpaired) electrons. The number of nitrogens with one attached hydrogen (secondary N) is 1. The Morgan fingerprint density at radius 3 is 2.23 bits per heavy atom. The van der Waals surface area contributed by atoms with Crippen LogP contribution in [0.2, 0.25) is 0 Å². The van der Waals surface area contributed by atoms with E-state index >= 15 is 0 Å². The van der Waals surface area contributed by atoms with Gasteiger partial charge in [-0.05, 0) is 85.1 Å². The number of aliphatic imine (C=N–C) groups is 1. The van der Waals surface area contributed by atoms with Crippen LogP contribution in [0, 0.1) is 16.7 Å². The van der Waals surface area contributed by atoms with Crippen molar-refractivity contribution >= 4 is 23.5 Å². The standard InChI is InChI=1S/C36H46F3N3O5/c1-33(2,3)18-16-28(23-10-12-24(13-11-23)31(45)40-21-17-29(43)44)42-32(46)30(25-8-7-9-27(22-25)47-36(37,38)39)41-35(42)19-14-26(15-20-35)34(4,5)6/h7-13,22,26,28H,14-21H2,1-6H3,(H,40,45)(H,43,44)/t26?,28-,35?/m1/s1. The third-order valence-corrected chi connectivity index (χ3v) is 9.20. The van der Waals surface area contributed by atoms with Crippen LogP contribution in [0.15, 0.2) is 53.5 Å². The average Bonchev–Trinajstić information content (AvgIpc) is 3.23. The number of alkyl halides is 3. The highest BCUT2D eigenvalue weighted by atomic mass is 19.4. The number of hydrogen-bond acceptors (Lipinski definition) is 5. The van der Waals surface area contributed by atoms with E-state index in [1.54, 1.807) is 18.2 Å². The van der Waals surface area contributed by atoms with Crippen molar-refractivity contribution in [2.24, 2.45) is 21.7 Å². The zero-order valence-corrected chi connectivity index (χ0v) is 28.0. The van der Waals surface area contributed by atoms with Gasteiger partial charge in [0, 0.05) is 17.7 Å². The maximum atomic E-state index is 14.6. The molecule has 2 aromatic rings. The minimum absolute atomic E-state index is 0.000187. The van der Waals surface area contributed by atoms with E-state index < -0.39 is 35.7 Å². The van der Waals surface area contributed by atoms with E-state index in [-0.39, 0.29) is 41.0 Å². The van der Waals surface area contributed by atoms with Crippen LogP contribution in [0.1, 0.15) is 114 Å². The Labute approximate surface area is 274 Å². The van der Waals surface area contributed by atoms with Crippen molar-refractivity contribution in [3.63, 3.8) is 0 Å². The van der Waals surface area contributed by atoms with Gasteiger partial charge >= 0.3 is 12.3 Å². The molecule has 2 aliphatic rings. The molecule has 1 saturated carbocycles. The van der Waals surface area contributed by atoms with Crippen LogP contribution in [-0.4, -0.2) is 52.1 Å². The largest absolute Gasteiger partial charge is 0.573 e. The molecule has 0 saturated heterocycles. The molecule has 11 heteroatoms. The van der Waals surface area contributed by atoms with Crippen LogP contribution < -0.4 is 10.1 Å². The van der Waals surface area contributed by atoms with Gasteiger partial charge in [-0.2, -0.15) is 0 Å². The van der Waals surface area contributed by atoms with Crippen molar-refractivity contribution in [2.75, 3.05) is 6.54 Å². The normalized spacial score (nSPS) is 21.0. The molecule has 0 bridgehead atoms. The zero-order chi connectivity index (χ0) is 34.8. The van der Waals surface area contributed by atoms with Gasteiger partial charge < -0.3 is 20.1 Å². The molecule has 1 fully saturated rings. The Bertz CT molecular complexity index is 1480. The summed E-state index contributed by atoms with van der Waals surface area (Å²) in [5.41, 5.74) is 0.672. The molecule has 1 heterocycles. The number of carbonyl (C=O) groups excluding carboxylic acids is 2. The predicted octanol–water partition coefficient (Wildman–Crippen LogP) is 7.92. The lowest BCUT2D eigenvalue weighted by Gasteiger charge is -2.47. The summed E-state index contributed by atoms with van der Waals surface area (Å²) in [5.74, 6) is -1.76. The first-order chi connectivity index (χ1) is 21.8. The fourth-order valence-electron chi connectivity index (χ4n) is 6.63. The summed E-state index contributed by atoms with van der Waals surface area (Å²) in [5, 5.41) is 11.5. The molecule has 47 heavy (non-hydrogen) atoms. The van der Waals surface area contributed by atoms with Gasteiger partial charge in [0.05, 0.1) is 12.5 Å². The van der Waals surface area contributed by atoms with Crippen LogP contribution >= 0.6 is 0 Å². The van der Waals surface area contributed by atoms with Gasteiger partial charge in [-0.15, -0.1) is 13.2 Å². The van der Waals surface area contributed by atoms with Gasteiger partial charge in [-0.1, -0.05) is 65.8 Å². The zero-order valence-electron chi connectivity index (χ0n) is 28.0. The lowest BCUT2D eigenvalue weighted by molar-refractivity contribution is -0.274. The van der Waals surface area contributed by atoms with Crippen molar-refractivity contribution in [3.05, 3.63) is 65.2 Å². The summed E-state index contributed by atoms with van der Waals surface area (Å²) in [7, 11) is 0. The van der Waals surface area contributed by atoms with Crippen LogP contribution in [0.5, 0.6) is 5.75 Å². The molecule has 0 aromatic heterocycles. The van der Waals surface area contributed by atoms with Gasteiger partial charge in [0.25, 0.3) is 11.8 Å². The van der Waals surface area contributed by atoms with E-state index in [1.807, 2.05) is 17.0 Å². The third-order valence-electron chi connectivity index (χ3n) is 9.20. The number of carbonyl (C=O) groups is 3. The SMILES string of the molecule is CC(C)(C)CC[C@H](c1ccc(C(=O)NCCC(=O)O)cc1)N1C(=O)C(c2cccc(OC(F)(F)F)c2)=NC12CCC(C(C)(C)C)CC2. The molecule has 2 aromatic carbocycles. The van der Waals surface area contributed by atoms with E-state index in [2.05, 4.69) is 51.6 Å². The number of amides is 2. The highest BCUT2D eigenvalue weighted by molar-refractivity contribution is 6.46. The van der Waals surface area contributed by atoms with E-state index in [0.717, 1.165) is 24.8 Å². The topological polar surface area (TPSA) is 108 Å². The molecule has 8 nitrogen and oxygen atoms in total. The summed E-state index contributed by atoms with van der Waals surface area (Å²) >= 11 is 0. The van der Waals surface area contributed by atoms with Crippen molar-refractivity contribution in [2.45, 2.75) is 105 Å². The van der Waals surface area contributed by atoms with Crippen LogP contribution in [-0.2, 0) is 9.59 Å². The number of rotatable bonds is 10. The van der Waals surface area contributed by atoms with Crippen molar-refractivity contribution < 1.29 is 37.4 Å². The lowest BCUT2D eigenvalue weighted by atomic mass is 9.69. The molecule has 1 aliphatic heterocycles. The Kier molecular flexibility index (Phi) is 10.5. The number of carboxylic acids is 1. The first kappa shape index (κ1) is 36.0. The predicted molar refractivity (Wildman–Crippen MR) is 173 cm³/mol. The lowest BCUT2D eigenvalue weighted by Crippen LogP contribution is -2.51. The Morgan fingerprint density at radius 1 is 1.04 bits per heavy atom. The second kappa shape index (κ2) is 13.7. The molecule has 0 unspecified atom stereocenters. The van der Waals surface area contributed by atoms with Crippen molar-refractivity contribution in [1.82, 2.24) is 10.2 Å². The quantitative estimate of drug-likeness (QED) is 0.270. The maximum absolute atomic E-state index is 14.6. The molecule has 1 atom stereocenters. The minimum atomic E-state index is -4.88. The van der Waals surface area contributed by atoms with Gasteiger partial charge in [0.1, 0.15) is 17.1 Å². The number of benzene rings is 2. The minimum Gasteiger partial charge on any atom is -0.481 e. The summed E-state index contributed by atoms with van der Waals surface area (Å²) < 4.78 is 43.4.